The first-order valence-electron chi connectivity index (χ1n) is 6.18. The lowest BCUT2D eigenvalue weighted by Crippen LogP contribution is -2.40. The standard InChI is InChI=1S/C13H19N3OS/c1-4-13(5-2,9-14)12(17)16-8-10(3)11-15-6-7-18-11/h6-7,10H,4-5,8H2,1-3H3,(H,16,17). The van der Waals surface area contributed by atoms with E-state index in [1.165, 1.54) is 0 Å². The molecule has 4 nitrogen and oxygen atoms in total. The van der Waals surface area contributed by atoms with Crippen LogP contribution in [0.15, 0.2) is 11.6 Å². The largest absolute Gasteiger partial charge is 0.354 e. The number of thiazole rings is 1. The molecule has 1 aromatic heterocycles. The third kappa shape index (κ3) is 3.08. The van der Waals surface area contributed by atoms with E-state index < -0.39 is 5.41 Å². The molecule has 1 atom stereocenters. The molecular formula is C13H19N3OS. The molecule has 0 aliphatic carbocycles. The van der Waals surface area contributed by atoms with Crippen LogP contribution < -0.4 is 5.32 Å². The molecule has 1 amide bonds. The van der Waals surface area contributed by atoms with E-state index in [9.17, 15) is 10.1 Å². The topological polar surface area (TPSA) is 65.8 Å². The van der Waals surface area contributed by atoms with Gasteiger partial charge in [-0.1, -0.05) is 20.8 Å². The SMILES string of the molecule is CCC(C#N)(CC)C(=O)NCC(C)c1nccs1. The Kier molecular flexibility index (Phi) is 5.29. The highest BCUT2D eigenvalue weighted by Gasteiger charge is 2.34. The zero-order valence-electron chi connectivity index (χ0n) is 11.1. The van der Waals surface area contributed by atoms with Crippen LogP contribution in [-0.4, -0.2) is 17.4 Å². The summed E-state index contributed by atoms with van der Waals surface area (Å²) in [5.74, 6) is 0.0115. The summed E-state index contributed by atoms with van der Waals surface area (Å²) in [4.78, 5) is 16.3. The van der Waals surface area contributed by atoms with Crippen LogP contribution in [-0.2, 0) is 4.79 Å². The maximum Gasteiger partial charge on any atom is 0.240 e. The number of hydrogen-bond donors (Lipinski definition) is 1. The first-order chi connectivity index (χ1) is 8.59. The molecule has 0 aromatic carbocycles. The van der Waals surface area contributed by atoms with Gasteiger partial charge in [0.05, 0.1) is 11.1 Å². The number of hydrogen-bond acceptors (Lipinski definition) is 4. The monoisotopic (exact) mass is 265 g/mol. The molecule has 18 heavy (non-hydrogen) atoms. The lowest BCUT2D eigenvalue weighted by Gasteiger charge is -2.23. The van der Waals surface area contributed by atoms with Crippen LogP contribution in [0.5, 0.6) is 0 Å². The molecule has 5 heteroatoms. The number of amides is 1. The normalized spacial score (nSPS) is 12.8. The lowest BCUT2D eigenvalue weighted by atomic mass is 9.83. The number of carbonyl (C=O) groups excluding carboxylic acids is 1. The predicted molar refractivity (Wildman–Crippen MR) is 72.2 cm³/mol. The summed E-state index contributed by atoms with van der Waals surface area (Å²) in [6.45, 7) is 6.29. The van der Waals surface area contributed by atoms with E-state index in [1.807, 2.05) is 26.2 Å². The van der Waals surface area contributed by atoms with E-state index in [1.54, 1.807) is 17.5 Å². The van der Waals surface area contributed by atoms with Gasteiger partial charge in [0.2, 0.25) is 5.91 Å². The van der Waals surface area contributed by atoms with Gasteiger partial charge in [0, 0.05) is 24.0 Å². The summed E-state index contributed by atoms with van der Waals surface area (Å²) < 4.78 is 0. The number of carbonyl (C=O) groups is 1. The number of rotatable bonds is 6. The highest BCUT2D eigenvalue weighted by molar-refractivity contribution is 7.09. The van der Waals surface area contributed by atoms with Crippen LogP contribution in [0.1, 0.15) is 44.5 Å². The van der Waals surface area contributed by atoms with Crippen molar-refractivity contribution in [2.45, 2.75) is 39.5 Å². The van der Waals surface area contributed by atoms with Gasteiger partial charge in [0.1, 0.15) is 5.41 Å². The molecule has 0 spiro atoms. The first kappa shape index (κ1) is 14.7. The Morgan fingerprint density at radius 1 is 1.61 bits per heavy atom. The average molecular weight is 265 g/mol. The average Bonchev–Trinajstić information content (AvgIpc) is 2.92. The van der Waals surface area contributed by atoms with Gasteiger partial charge in [-0.25, -0.2) is 4.98 Å². The minimum atomic E-state index is -0.886. The molecule has 98 valence electrons. The summed E-state index contributed by atoms with van der Waals surface area (Å²) in [5, 5.41) is 15.0. The highest BCUT2D eigenvalue weighted by Crippen LogP contribution is 2.26. The first-order valence-corrected chi connectivity index (χ1v) is 7.06. The Morgan fingerprint density at radius 3 is 2.72 bits per heavy atom. The Labute approximate surface area is 112 Å². The molecule has 0 aliphatic heterocycles. The van der Waals surface area contributed by atoms with Gasteiger partial charge in [0.25, 0.3) is 0 Å². The second-order valence-corrected chi connectivity index (χ2v) is 5.31. The molecule has 0 bridgehead atoms. The molecule has 1 N–H and O–H groups in total. The summed E-state index contributed by atoms with van der Waals surface area (Å²) in [6, 6.07) is 2.15. The van der Waals surface area contributed by atoms with Gasteiger partial charge in [0.15, 0.2) is 0 Å². The molecule has 1 heterocycles. The van der Waals surface area contributed by atoms with Crippen molar-refractivity contribution in [1.82, 2.24) is 10.3 Å². The van der Waals surface area contributed by atoms with Crippen LogP contribution >= 0.6 is 11.3 Å². The number of nitriles is 1. The van der Waals surface area contributed by atoms with Gasteiger partial charge in [-0.3, -0.25) is 4.79 Å². The second-order valence-electron chi connectivity index (χ2n) is 4.38. The number of nitrogens with one attached hydrogen (secondary N) is 1. The minimum absolute atomic E-state index is 0.168. The third-order valence-electron chi connectivity index (χ3n) is 3.30. The fourth-order valence-corrected chi connectivity index (χ4v) is 2.46. The van der Waals surface area contributed by atoms with Gasteiger partial charge in [-0.15, -0.1) is 11.3 Å². The number of nitrogens with zero attached hydrogens (tertiary/aromatic N) is 2. The lowest BCUT2D eigenvalue weighted by molar-refractivity contribution is -0.128. The molecule has 1 rings (SSSR count). The van der Waals surface area contributed by atoms with E-state index >= 15 is 0 Å². The van der Waals surface area contributed by atoms with Gasteiger partial charge >= 0.3 is 0 Å². The van der Waals surface area contributed by atoms with Gasteiger partial charge < -0.3 is 5.32 Å². The zero-order chi connectivity index (χ0) is 13.6. The van der Waals surface area contributed by atoms with Crippen molar-refractivity contribution in [2.75, 3.05) is 6.54 Å². The summed E-state index contributed by atoms with van der Waals surface area (Å²) >= 11 is 1.58. The quantitative estimate of drug-likeness (QED) is 0.860. The second kappa shape index (κ2) is 6.50. The van der Waals surface area contributed by atoms with Crippen LogP contribution in [0.3, 0.4) is 0 Å². The van der Waals surface area contributed by atoms with Crippen molar-refractivity contribution in [3.8, 4) is 6.07 Å². The van der Waals surface area contributed by atoms with Crippen LogP contribution in [0.4, 0.5) is 0 Å². The Bertz CT molecular complexity index is 418. The van der Waals surface area contributed by atoms with Gasteiger partial charge in [-0.2, -0.15) is 5.26 Å². The van der Waals surface area contributed by atoms with Crippen molar-refractivity contribution in [3.63, 3.8) is 0 Å². The summed E-state index contributed by atoms with van der Waals surface area (Å²) in [6.07, 6.45) is 2.84. The van der Waals surface area contributed by atoms with E-state index in [2.05, 4.69) is 16.4 Å². The molecule has 0 saturated carbocycles. The molecule has 0 radical (unpaired) electrons. The molecule has 0 fully saturated rings. The Balaban J connectivity index is 2.58. The van der Waals surface area contributed by atoms with E-state index in [4.69, 9.17) is 0 Å². The molecule has 0 aliphatic rings. The maximum absolute atomic E-state index is 12.1. The van der Waals surface area contributed by atoms with E-state index in [0.29, 0.717) is 19.4 Å². The van der Waals surface area contributed by atoms with E-state index in [0.717, 1.165) is 5.01 Å². The smallest absolute Gasteiger partial charge is 0.240 e. The fourth-order valence-electron chi connectivity index (χ4n) is 1.76. The molecular weight excluding hydrogens is 246 g/mol. The van der Waals surface area contributed by atoms with Crippen molar-refractivity contribution in [2.24, 2.45) is 5.41 Å². The van der Waals surface area contributed by atoms with E-state index in [-0.39, 0.29) is 11.8 Å². The Hall–Kier alpha value is -1.41. The number of aromatic nitrogens is 1. The van der Waals surface area contributed by atoms with Crippen LogP contribution in [0.2, 0.25) is 0 Å². The van der Waals surface area contributed by atoms with Crippen LogP contribution in [0.25, 0.3) is 0 Å². The van der Waals surface area contributed by atoms with Crippen molar-refractivity contribution in [3.05, 3.63) is 16.6 Å². The third-order valence-corrected chi connectivity index (χ3v) is 4.30. The minimum Gasteiger partial charge on any atom is -0.354 e. The summed E-state index contributed by atoms with van der Waals surface area (Å²) in [7, 11) is 0. The molecule has 1 aromatic rings. The van der Waals surface area contributed by atoms with Crippen molar-refractivity contribution >= 4 is 17.2 Å². The zero-order valence-corrected chi connectivity index (χ0v) is 11.9. The fraction of sp³-hybridized carbons (Fsp3) is 0.615. The highest BCUT2D eigenvalue weighted by atomic mass is 32.1. The van der Waals surface area contributed by atoms with Crippen molar-refractivity contribution in [1.29, 1.82) is 5.26 Å². The maximum atomic E-state index is 12.1. The van der Waals surface area contributed by atoms with Crippen molar-refractivity contribution < 1.29 is 4.79 Å². The molecule has 1 unspecified atom stereocenters. The Morgan fingerprint density at radius 2 is 2.28 bits per heavy atom. The summed E-state index contributed by atoms with van der Waals surface area (Å²) in [5.41, 5.74) is -0.886. The van der Waals surface area contributed by atoms with Crippen LogP contribution in [0, 0.1) is 16.7 Å². The van der Waals surface area contributed by atoms with Gasteiger partial charge in [-0.05, 0) is 12.8 Å². The predicted octanol–water partition coefficient (Wildman–Crippen LogP) is 2.69. The molecule has 0 saturated heterocycles.